The van der Waals surface area contributed by atoms with Crippen LogP contribution in [0.25, 0.3) is 0 Å². The number of benzene rings is 5. The second kappa shape index (κ2) is 35.3. The summed E-state index contributed by atoms with van der Waals surface area (Å²) in [6.45, 7) is -2.60. The van der Waals surface area contributed by atoms with Crippen LogP contribution in [0.4, 0.5) is 19.2 Å². The number of hydrogen-bond donors (Lipinski definition) is 10. The van der Waals surface area contributed by atoms with Crippen LogP contribution >= 0.6 is 0 Å². The maximum absolute atomic E-state index is 14.2. The lowest BCUT2D eigenvalue weighted by Crippen LogP contribution is -2.71. The van der Waals surface area contributed by atoms with Gasteiger partial charge < -0.3 is 118 Å². The fourth-order valence-electron chi connectivity index (χ4n) is 11.5. The Morgan fingerprint density at radius 2 is 0.979 bits per heavy atom. The number of carbonyl (C=O) groups excluding carboxylic acids is 4. The van der Waals surface area contributed by atoms with Gasteiger partial charge in [0.2, 0.25) is 6.40 Å². The molecule has 5 aromatic carbocycles. The van der Waals surface area contributed by atoms with Crippen LogP contribution in [0.15, 0.2) is 157 Å². The van der Waals surface area contributed by atoms with Crippen molar-refractivity contribution < 1.29 is 121 Å². The molecule has 518 valence electrons. The third-order valence-corrected chi connectivity index (χ3v) is 16.3. The fraction of sp³-hybridized carbons (Fsp3) is 0.470. The number of nitrogens with one attached hydrogen (secondary N) is 4. The Kier molecular flexibility index (Phi) is 26.0. The summed E-state index contributed by atoms with van der Waals surface area (Å²) in [5.74, 6) is 0. The lowest BCUT2D eigenvalue weighted by molar-refractivity contribution is -0.358. The highest BCUT2D eigenvalue weighted by Gasteiger charge is 2.58. The highest BCUT2D eigenvalue weighted by molar-refractivity contribution is 5.69. The van der Waals surface area contributed by atoms with Crippen LogP contribution in [-0.2, 0) is 97.8 Å². The Morgan fingerprint density at radius 3 is 1.51 bits per heavy atom. The van der Waals surface area contributed by atoms with Crippen molar-refractivity contribution in [2.45, 2.75) is 155 Å². The van der Waals surface area contributed by atoms with Crippen LogP contribution in [0.3, 0.4) is 0 Å². The number of nitrogens with zero attached hydrogens (tertiary/aromatic N) is 1. The van der Waals surface area contributed by atoms with Gasteiger partial charge in [-0.05, 0) is 28.7 Å². The molecule has 1 aliphatic carbocycles. The molecule has 5 aromatic rings. The first kappa shape index (κ1) is 70.8. The van der Waals surface area contributed by atoms with E-state index in [2.05, 4.69) is 31.1 Å². The minimum absolute atomic E-state index is 0.199. The smallest absolute Gasteiger partial charge is 0.407 e. The van der Waals surface area contributed by atoms with E-state index in [-0.39, 0.29) is 52.6 Å². The van der Waals surface area contributed by atoms with Gasteiger partial charge in [-0.3, -0.25) is 4.99 Å². The van der Waals surface area contributed by atoms with Crippen LogP contribution in [0.2, 0.25) is 0 Å². The Hall–Kier alpha value is -7.99. The third kappa shape index (κ3) is 19.2. The zero-order chi connectivity index (χ0) is 67.3. The zero-order valence-electron chi connectivity index (χ0n) is 52.0. The summed E-state index contributed by atoms with van der Waals surface area (Å²) in [6, 6.07) is 37.6. The number of aliphatic hydroxyl groups is 6. The van der Waals surface area contributed by atoms with Crippen LogP contribution in [0.1, 0.15) is 40.5 Å². The van der Waals surface area contributed by atoms with E-state index < -0.39 is 160 Å². The molecule has 4 amide bonds. The third-order valence-electron chi connectivity index (χ3n) is 16.3. The monoisotopic (exact) mass is 1340 g/mol. The Labute approximate surface area is 551 Å². The van der Waals surface area contributed by atoms with Gasteiger partial charge in [-0.25, -0.2) is 19.2 Å². The van der Waals surface area contributed by atoms with Crippen molar-refractivity contribution in [3.63, 3.8) is 0 Å². The first-order valence-corrected chi connectivity index (χ1v) is 31.1. The SMILES string of the molecule is COOC=NCC1OC(OC2C(COCCO)OC(OC3C(O)C(NC(=O)OCc4ccccc4)CC(NC(=O)OCc4ccccc4)C3OC3OC4COC(c5ccccc5)OC4C(O)C3NC(=O)OCc3ccccc3)C2O)C(NC(=O)OCc2ccccc2)C(O)C1O. The molecule has 5 fully saturated rings. The summed E-state index contributed by atoms with van der Waals surface area (Å²) in [7, 11) is 1.22. The number of hydrogen-bond acceptors (Lipinski definition) is 26. The van der Waals surface area contributed by atoms with Gasteiger partial charge >= 0.3 is 24.4 Å². The molecule has 5 aliphatic rings. The second-order valence-corrected chi connectivity index (χ2v) is 22.9. The maximum Gasteiger partial charge on any atom is 0.407 e. The van der Waals surface area contributed by atoms with E-state index in [0.717, 1.165) is 6.40 Å². The van der Waals surface area contributed by atoms with E-state index >= 15 is 0 Å². The van der Waals surface area contributed by atoms with E-state index in [4.69, 9.17) is 66.5 Å². The van der Waals surface area contributed by atoms with Gasteiger partial charge in [0.1, 0.15) is 112 Å². The van der Waals surface area contributed by atoms with Gasteiger partial charge in [0, 0.05) is 5.56 Å². The molecule has 0 aromatic heterocycles. The summed E-state index contributed by atoms with van der Waals surface area (Å²) in [6.07, 6.45) is -29.8. The van der Waals surface area contributed by atoms with E-state index in [1.54, 1.807) is 152 Å². The standard InChI is InChI=1S/C66H79N5O25/c1-82-89-37-67-30-45-51(74)52(75)48(70-65(80)87-33-40-21-11-4-12-22-40)60(90-45)95-57-46(35-83-28-27-72)92-62(54(57)77)96-58-50(73)43(68-63(78)85-31-38-17-7-2-8-18-38)29-44(69-64(79)86-32-39-19-9-3-10-20-39)55(58)93-61-49(71-66(81)88-34-41-23-13-5-14-24-41)53(76)56-47(91-61)36-84-59(94-56)42-25-15-6-16-26-42/h2-26,37,43-62,72-77H,27-36H2,1H3,(H,68,78)(H,69,79)(H,70,80)(H,71,81). The van der Waals surface area contributed by atoms with E-state index in [1.165, 1.54) is 7.11 Å². The van der Waals surface area contributed by atoms with Gasteiger partial charge in [-0.2, -0.15) is 4.89 Å². The molecule has 0 bridgehead atoms. The summed E-state index contributed by atoms with van der Waals surface area (Å²) in [5, 5.41) is 81.6. The van der Waals surface area contributed by atoms with Gasteiger partial charge in [-0.15, -0.1) is 0 Å². The van der Waals surface area contributed by atoms with Crippen molar-refractivity contribution in [2.24, 2.45) is 4.99 Å². The quantitative estimate of drug-likeness (QED) is 0.00901. The predicted molar refractivity (Wildman–Crippen MR) is 329 cm³/mol. The Bertz CT molecular complexity index is 3210. The van der Waals surface area contributed by atoms with Gasteiger partial charge in [0.25, 0.3) is 0 Å². The van der Waals surface area contributed by atoms with Gasteiger partial charge in [0.05, 0.1) is 52.2 Å². The number of fused-ring (bicyclic) bond motifs is 1. The lowest BCUT2D eigenvalue weighted by atomic mass is 9.83. The molecule has 4 heterocycles. The number of aliphatic hydroxyl groups excluding tert-OH is 6. The number of rotatable bonds is 27. The van der Waals surface area contributed by atoms with Crippen molar-refractivity contribution in [3.8, 4) is 0 Å². The van der Waals surface area contributed by atoms with E-state index in [9.17, 15) is 49.8 Å². The summed E-state index contributed by atoms with van der Waals surface area (Å²) >= 11 is 0. The Morgan fingerprint density at radius 1 is 0.510 bits per heavy atom. The first-order chi connectivity index (χ1) is 46.7. The molecule has 96 heavy (non-hydrogen) atoms. The number of carbonyl (C=O) groups is 4. The zero-order valence-corrected chi connectivity index (χ0v) is 52.0. The number of amides is 4. The van der Waals surface area contributed by atoms with Crippen molar-refractivity contribution >= 4 is 30.8 Å². The number of ether oxygens (including phenoxy) is 13. The van der Waals surface area contributed by atoms with Gasteiger partial charge in [-0.1, -0.05) is 152 Å². The highest BCUT2D eigenvalue weighted by Crippen LogP contribution is 2.39. The normalized spacial score (nSPS) is 31.0. The van der Waals surface area contributed by atoms with Crippen LogP contribution in [0, 0.1) is 0 Å². The molecule has 30 heteroatoms. The fourth-order valence-corrected chi connectivity index (χ4v) is 11.5. The summed E-state index contributed by atoms with van der Waals surface area (Å²) in [5.41, 5.74) is 3.08. The average Bonchev–Trinajstić information content (AvgIpc) is 1.06. The van der Waals surface area contributed by atoms with E-state index in [0.29, 0.717) is 27.8 Å². The van der Waals surface area contributed by atoms with Crippen LogP contribution in [-0.4, -0.2) is 218 Å². The van der Waals surface area contributed by atoms with Crippen molar-refractivity contribution in [2.75, 3.05) is 40.1 Å². The van der Waals surface area contributed by atoms with E-state index in [1.807, 2.05) is 0 Å². The summed E-state index contributed by atoms with van der Waals surface area (Å²) < 4.78 is 80.0. The topological polar surface area (TPSA) is 389 Å². The molecule has 10 rings (SSSR count). The van der Waals surface area contributed by atoms with Gasteiger partial charge in [0.15, 0.2) is 25.2 Å². The molecule has 0 spiro atoms. The highest BCUT2D eigenvalue weighted by atomic mass is 17.2. The average molecular weight is 1340 g/mol. The number of aliphatic imine (C=N–C) groups is 1. The predicted octanol–water partition coefficient (Wildman–Crippen LogP) is 2.43. The minimum atomic E-state index is -1.99. The minimum Gasteiger partial charge on any atom is -0.445 e. The largest absolute Gasteiger partial charge is 0.445 e. The summed E-state index contributed by atoms with van der Waals surface area (Å²) in [4.78, 5) is 69.0. The lowest BCUT2D eigenvalue weighted by Gasteiger charge is -2.50. The second-order valence-electron chi connectivity index (χ2n) is 22.9. The number of alkyl carbamates (subject to hydrolysis) is 4. The maximum atomic E-state index is 14.2. The molecular formula is C66H79N5O25. The molecule has 0 radical (unpaired) electrons. The van der Waals surface area contributed by atoms with Crippen molar-refractivity contribution in [1.82, 2.24) is 21.3 Å². The first-order valence-electron chi connectivity index (χ1n) is 31.1. The van der Waals surface area contributed by atoms with Crippen molar-refractivity contribution in [1.29, 1.82) is 0 Å². The Balaban J connectivity index is 0.988. The van der Waals surface area contributed by atoms with Crippen LogP contribution in [0.5, 0.6) is 0 Å². The molecule has 20 atom stereocenters. The van der Waals surface area contributed by atoms with Crippen molar-refractivity contribution in [3.05, 3.63) is 179 Å². The molecule has 4 aliphatic heterocycles. The molecule has 4 saturated heterocycles. The molecular weight excluding hydrogens is 1260 g/mol. The molecule has 10 N–H and O–H groups in total. The van der Waals surface area contributed by atoms with Crippen LogP contribution < -0.4 is 21.3 Å². The molecule has 30 nitrogen and oxygen atoms in total. The molecule has 1 saturated carbocycles. The molecule has 20 unspecified atom stereocenters.